The third-order valence-electron chi connectivity index (χ3n) is 3.90. The molecule has 1 aromatic heterocycles. The van der Waals surface area contributed by atoms with Gasteiger partial charge < -0.3 is 20.9 Å². The number of pyridine rings is 1. The Kier molecular flexibility index (Phi) is 3.17. The number of para-hydroxylation sites is 1. The fourth-order valence-electron chi connectivity index (χ4n) is 2.84. The molecule has 0 aliphatic carbocycles. The molecule has 2 heterocycles. The summed E-state index contributed by atoms with van der Waals surface area (Å²) in [5, 5.41) is 23.2. The van der Waals surface area contributed by atoms with Crippen molar-refractivity contribution in [2.75, 3.05) is 18.0 Å². The van der Waals surface area contributed by atoms with Gasteiger partial charge in [-0.05, 0) is 19.4 Å². The van der Waals surface area contributed by atoms with Crippen molar-refractivity contribution in [3.8, 4) is 0 Å². The molecular formula is C15H18N4O2. The minimum atomic E-state index is -0.729. The molecule has 6 nitrogen and oxygen atoms in total. The number of hydrogen-bond acceptors (Lipinski definition) is 5. The Morgan fingerprint density at radius 3 is 2.86 bits per heavy atom. The van der Waals surface area contributed by atoms with Crippen molar-refractivity contribution >= 4 is 22.4 Å². The quantitative estimate of drug-likeness (QED) is 0.335. The van der Waals surface area contributed by atoms with Crippen LogP contribution in [0, 0.1) is 0 Å². The van der Waals surface area contributed by atoms with Gasteiger partial charge in [0, 0.05) is 24.7 Å². The molecule has 3 rings (SSSR count). The molecule has 1 atom stereocenters. The molecule has 0 radical (unpaired) electrons. The number of nitrogens with zero attached hydrogens (tertiary/aromatic N) is 3. The van der Waals surface area contributed by atoms with Gasteiger partial charge in [-0.3, -0.25) is 4.98 Å². The van der Waals surface area contributed by atoms with E-state index in [1.807, 2.05) is 31.2 Å². The standard InChI is InChI=1S/C15H18N4O2/c1-15(20)6-7-19(9-15)13-10-4-2-3-5-12(10)17-8-11(13)14(16)18-21/h2-5,8,20-21H,6-7,9H2,1H3,(H2,16,18). The Balaban J connectivity index is 2.22. The van der Waals surface area contributed by atoms with Crippen LogP contribution in [-0.2, 0) is 0 Å². The van der Waals surface area contributed by atoms with Crippen LogP contribution in [0.1, 0.15) is 18.9 Å². The molecular weight excluding hydrogens is 268 g/mol. The number of nitrogens with two attached hydrogens (primary N) is 1. The van der Waals surface area contributed by atoms with Crippen LogP contribution < -0.4 is 10.6 Å². The Morgan fingerprint density at radius 1 is 1.43 bits per heavy atom. The maximum atomic E-state index is 10.2. The molecule has 0 spiro atoms. The van der Waals surface area contributed by atoms with Gasteiger partial charge in [-0.25, -0.2) is 0 Å². The van der Waals surface area contributed by atoms with E-state index in [-0.39, 0.29) is 5.84 Å². The number of anilines is 1. The van der Waals surface area contributed by atoms with Gasteiger partial charge >= 0.3 is 0 Å². The number of hydrogen-bond donors (Lipinski definition) is 3. The lowest BCUT2D eigenvalue weighted by Crippen LogP contribution is -2.31. The number of fused-ring (bicyclic) bond motifs is 1. The van der Waals surface area contributed by atoms with E-state index in [9.17, 15) is 5.11 Å². The molecule has 1 aliphatic rings. The van der Waals surface area contributed by atoms with Crippen molar-refractivity contribution in [2.45, 2.75) is 18.9 Å². The maximum absolute atomic E-state index is 10.2. The average molecular weight is 286 g/mol. The zero-order valence-electron chi connectivity index (χ0n) is 11.8. The maximum Gasteiger partial charge on any atom is 0.173 e. The van der Waals surface area contributed by atoms with Crippen LogP contribution in [0.15, 0.2) is 35.6 Å². The predicted octanol–water partition coefficient (Wildman–Crippen LogP) is 1.29. The number of amidine groups is 1. The first-order valence-electron chi connectivity index (χ1n) is 6.85. The number of benzene rings is 1. The first-order chi connectivity index (χ1) is 10.0. The normalized spacial score (nSPS) is 23.0. The van der Waals surface area contributed by atoms with Gasteiger partial charge in [-0.1, -0.05) is 23.4 Å². The third-order valence-corrected chi connectivity index (χ3v) is 3.90. The van der Waals surface area contributed by atoms with E-state index in [0.717, 1.165) is 16.6 Å². The molecule has 21 heavy (non-hydrogen) atoms. The van der Waals surface area contributed by atoms with Gasteiger partial charge in [0.2, 0.25) is 0 Å². The molecule has 1 saturated heterocycles. The van der Waals surface area contributed by atoms with Crippen molar-refractivity contribution in [3.63, 3.8) is 0 Å². The monoisotopic (exact) mass is 286 g/mol. The van der Waals surface area contributed by atoms with Crippen LogP contribution in [0.5, 0.6) is 0 Å². The molecule has 6 heteroatoms. The summed E-state index contributed by atoms with van der Waals surface area (Å²) < 4.78 is 0. The molecule has 110 valence electrons. The summed E-state index contributed by atoms with van der Waals surface area (Å²) in [5.41, 5.74) is 7.34. The largest absolute Gasteiger partial charge is 0.409 e. The second-order valence-electron chi connectivity index (χ2n) is 5.69. The van der Waals surface area contributed by atoms with Crippen LogP contribution in [0.25, 0.3) is 10.9 Å². The van der Waals surface area contributed by atoms with Crippen LogP contribution in [0.3, 0.4) is 0 Å². The zero-order chi connectivity index (χ0) is 15.0. The highest BCUT2D eigenvalue weighted by molar-refractivity contribution is 6.08. The lowest BCUT2D eigenvalue weighted by atomic mass is 10.1. The van der Waals surface area contributed by atoms with Crippen LogP contribution >= 0.6 is 0 Å². The molecule has 0 amide bonds. The van der Waals surface area contributed by atoms with E-state index in [4.69, 9.17) is 10.9 Å². The van der Waals surface area contributed by atoms with Gasteiger partial charge in [-0.15, -0.1) is 0 Å². The molecule has 0 saturated carbocycles. The summed E-state index contributed by atoms with van der Waals surface area (Å²) in [6.45, 7) is 3.04. The summed E-state index contributed by atoms with van der Waals surface area (Å²) in [7, 11) is 0. The highest BCUT2D eigenvalue weighted by atomic mass is 16.4. The second-order valence-corrected chi connectivity index (χ2v) is 5.69. The molecule has 0 bridgehead atoms. The van der Waals surface area contributed by atoms with Crippen LogP contribution in [0.4, 0.5) is 5.69 Å². The molecule has 1 aromatic carbocycles. The Morgan fingerprint density at radius 2 is 2.19 bits per heavy atom. The fraction of sp³-hybridized carbons (Fsp3) is 0.333. The lowest BCUT2D eigenvalue weighted by molar-refractivity contribution is 0.0839. The Labute approximate surface area is 122 Å². The molecule has 1 fully saturated rings. The first-order valence-corrected chi connectivity index (χ1v) is 6.85. The van der Waals surface area contributed by atoms with E-state index >= 15 is 0 Å². The molecule has 1 aliphatic heterocycles. The Bertz CT molecular complexity index is 712. The van der Waals surface area contributed by atoms with Gasteiger partial charge in [0.15, 0.2) is 5.84 Å². The van der Waals surface area contributed by atoms with Crippen molar-refractivity contribution < 1.29 is 10.3 Å². The van der Waals surface area contributed by atoms with Gasteiger partial charge in [-0.2, -0.15) is 0 Å². The minimum absolute atomic E-state index is 0.0230. The average Bonchev–Trinajstić information content (AvgIpc) is 2.85. The van der Waals surface area contributed by atoms with Crippen molar-refractivity contribution in [1.29, 1.82) is 0 Å². The smallest absolute Gasteiger partial charge is 0.173 e. The zero-order valence-corrected chi connectivity index (χ0v) is 11.8. The molecule has 2 aromatic rings. The van der Waals surface area contributed by atoms with Crippen molar-refractivity contribution in [2.24, 2.45) is 10.9 Å². The predicted molar refractivity (Wildman–Crippen MR) is 81.7 cm³/mol. The summed E-state index contributed by atoms with van der Waals surface area (Å²) in [6, 6.07) is 7.72. The topological polar surface area (TPSA) is 95.0 Å². The summed E-state index contributed by atoms with van der Waals surface area (Å²) in [6.07, 6.45) is 2.29. The number of β-amino-alcohol motifs (C(OH)–C–C–N with tert-alkyl or cyclic N) is 1. The summed E-state index contributed by atoms with van der Waals surface area (Å²) >= 11 is 0. The SMILES string of the molecule is CC1(O)CCN(c2c(/C(N)=N/O)cnc3ccccc23)C1. The highest BCUT2D eigenvalue weighted by Crippen LogP contribution is 2.34. The van der Waals surface area contributed by atoms with Crippen molar-refractivity contribution in [3.05, 3.63) is 36.0 Å². The van der Waals surface area contributed by atoms with E-state index in [1.54, 1.807) is 6.20 Å². The van der Waals surface area contributed by atoms with E-state index < -0.39 is 5.60 Å². The number of aromatic nitrogens is 1. The van der Waals surface area contributed by atoms with E-state index in [2.05, 4.69) is 15.0 Å². The second kappa shape index (κ2) is 4.89. The first kappa shape index (κ1) is 13.6. The summed E-state index contributed by atoms with van der Waals surface area (Å²) in [4.78, 5) is 6.42. The number of aliphatic hydroxyl groups is 1. The summed E-state index contributed by atoms with van der Waals surface area (Å²) in [5.74, 6) is 0.0230. The highest BCUT2D eigenvalue weighted by Gasteiger charge is 2.33. The van der Waals surface area contributed by atoms with Crippen LogP contribution in [0.2, 0.25) is 0 Å². The van der Waals surface area contributed by atoms with Gasteiger partial charge in [0.1, 0.15) is 0 Å². The minimum Gasteiger partial charge on any atom is -0.409 e. The van der Waals surface area contributed by atoms with Gasteiger partial charge in [0.25, 0.3) is 0 Å². The van der Waals surface area contributed by atoms with Gasteiger partial charge in [0.05, 0.1) is 22.4 Å². The fourth-order valence-corrected chi connectivity index (χ4v) is 2.84. The lowest BCUT2D eigenvalue weighted by Gasteiger charge is -2.24. The van der Waals surface area contributed by atoms with E-state index in [0.29, 0.717) is 25.1 Å². The van der Waals surface area contributed by atoms with E-state index in [1.165, 1.54) is 0 Å². The molecule has 1 unspecified atom stereocenters. The molecule has 4 N–H and O–H groups in total. The Hall–Kier alpha value is -2.34. The van der Waals surface area contributed by atoms with Crippen molar-refractivity contribution in [1.82, 2.24) is 4.98 Å². The number of rotatable bonds is 2. The van der Waals surface area contributed by atoms with Crippen LogP contribution in [-0.4, -0.2) is 39.8 Å². The third kappa shape index (κ3) is 2.38. The number of oxime groups is 1.